The number of hydrogen-bond donors (Lipinski definition) is 1. The van der Waals surface area contributed by atoms with Gasteiger partial charge < -0.3 is 10.1 Å². The lowest BCUT2D eigenvalue weighted by atomic mass is 10.0. The van der Waals surface area contributed by atoms with E-state index >= 15 is 0 Å². The van der Waals surface area contributed by atoms with Gasteiger partial charge in [-0.2, -0.15) is 0 Å². The molecule has 0 fully saturated rings. The summed E-state index contributed by atoms with van der Waals surface area (Å²) in [7, 11) is 1.42. The van der Waals surface area contributed by atoms with Crippen LogP contribution in [0.5, 0.6) is 5.75 Å². The van der Waals surface area contributed by atoms with E-state index in [1.807, 2.05) is 6.07 Å². The number of amides is 1. The van der Waals surface area contributed by atoms with Crippen molar-refractivity contribution in [3.8, 4) is 5.75 Å². The maximum Gasteiger partial charge on any atom is 0.254 e. The molecule has 2 aromatic rings. The summed E-state index contributed by atoms with van der Waals surface area (Å²) in [6.45, 7) is 1.71. The standard InChI is InChI=1S/C18H18FNO3/c1-12(10-17(21)13-6-4-3-5-7-13)20-18(22)15-9-8-14(23-2)11-16(15)19/h3-9,11-12H,10H2,1-2H3,(H,20,22)/t12-/m0/s1. The van der Waals surface area contributed by atoms with Gasteiger partial charge in [-0.15, -0.1) is 0 Å². The second-order valence-corrected chi connectivity index (χ2v) is 5.21. The van der Waals surface area contributed by atoms with Gasteiger partial charge in [0.25, 0.3) is 5.91 Å². The first-order valence-corrected chi connectivity index (χ1v) is 7.24. The summed E-state index contributed by atoms with van der Waals surface area (Å²) in [4.78, 5) is 24.2. The van der Waals surface area contributed by atoms with Gasteiger partial charge in [0, 0.05) is 24.1 Å². The van der Waals surface area contributed by atoms with Gasteiger partial charge in [-0.25, -0.2) is 4.39 Å². The Hall–Kier alpha value is -2.69. The number of methoxy groups -OCH3 is 1. The molecule has 4 nitrogen and oxygen atoms in total. The molecule has 1 amide bonds. The summed E-state index contributed by atoms with van der Waals surface area (Å²) in [5, 5.41) is 2.63. The zero-order chi connectivity index (χ0) is 16.8. The molecule has 2 rings (SSSR count). The first-order chi connectivity index (χ1) is 11.0. The molecule has 0 aliphatic carbocycles. The van der Waals surface area contributed by atoms with E-state index in [9.17, 15) is 14.0 Å². The molecule has 23 heavy (non-hydrogen) atoms. The lowest BCUT2D eigenvalue weighted by Gasteiger charge is -2.14. The van der Waals surface area contributed by atoms with Crippen LogP contribution in [0, 0.1) is 5.82 Å². The van der Waals surface area contributed by atoms with Gasteiger partial charge in [-0.05, 0) is 19.1 Å². The van der Waals surface area contributed by atoms with Crippen molar-refractivity contribution in [2.24, 2.45) is 0 Å². The number of carbonyl (C=O) groups is 2. The summed E-state index contributed by atoms with van der Waals surface area (Å²) >= 11 is 0. The Kier molecular flexibility index (Phi) is 5.46. The molecule has 0 spiro atoms. The maximum absolute atomic E-state index is 13.9. The van der Waals surface area contributed by atoms with Gasteiger partial charge in [0.05, 0.1) is 12.7 Å². The summed E-state index contributed by atoms with van der Waals surface area (Å²) in [5.74, 6) is -0.957. The Bertz CT molecular complexity index is 701. The van der Waals surface area contributed by atoms with E-state index in [1.165, 1.54) is 19.2 Å². The van der Waals surface area contributed by atoms with Gasteiger partial charge in [0.1, 0.15) is 11.6 Å². The number of ketones is 1. The molecular formula is C18H18FNO3. The highest BCUT2D eigenvalue weighted by molar-refractivity contribution is 5.98. The third-order valence-electron chi connectivity index (χ3n) is 3.39. The molecule has 0 aromatic heterocycles. The predicted octanol–water partition coefficient (Wildman–Crippen LogP) is 3.23. The zero-order valence-corrected chi connectivity index (χ0v) is 13.0. The van der Waals surface area contributed by atoms with Crippen LogP contribution in [-0.2, 0) is 0 Å². The van der Waals surface area contributed by atoms with Crippen molar-refractivity contribution in [3.05, 3.63) is 65.5 Å². The highest BCUT2D eigenvalue weighted by atomic mass is 19.1. The minimum atomic E-state index is -0.663. The number of ether oxygens (including phenoxy) is 1. The number of nitrogens with one attached hydrogen (secondary N) is 1. The largest absolute Gasteiger partial charge is 0.497 e. The van der Waals surface area contributed by atoms with E-state index in [-0.39, 0.29) is 17.8 Å². The average molecular weight is 315 g/mol. The monoisotopic (exact) mass is 315 g/mol. The normalized spacial score (nSPS) is 11.6. The summed E-state index contributed by atoms with van der Waals surface area (Å²) in [5.41, 5.74) is 0.508. The van der Waals surface area contributed by atoms with Crippen LogP contribution in [0.3, 0.4) is 0 Å². The van der Waals surface area contributed by atoms with Crippen LogP contribution in [0.1, 0.15) is 34.1 Å². The topological polar surface area (TPSA) is 55.4 Å². The molecule has 0 aliphatic rings. The van der Waals surface area contributed by atoms with Crippen LogP contribution in [0.25, 0.3) is 0 Å². The number of carbonyl (C=O) groups excluding carboxylic acids is 2. The minimum absolute atomic E-state index is 0.0754. The summed E-state index contributed by atoms with van der Waals surface area (Å²) in [6, 6.07) is 12.4. The lowest BCUT2D eigenvalue weighted by molar-refractivity contribution is 0.0915. The summed E-state index contributed by atoms with van der Waals surface area (Å²) in [6.07, 6.45) is 0.146. The fourth-order valence-corrected chi connectivity index (χ4v) is 2.18. The Morgan fingerprint density at radius 2 is 1.87 bits per heavy atom. The van der Waals surface area contributed by atoms with Crippen LogP contribution in [0.2, 0.25) is 0 Å². The SMILES string of the molecule is COc1ccc(C(=O)N[C@@H](C)CC(=O)c2ccccc2)c(F)c1. The van der Waals surface area contributed by atoms with Crippen LogP contribution in [-0.4, -0.2) is 24.8 Å². The van der Waals surface area contributed by atoms with Crippen LogP contribution < -0.4 is 10.1 Å². The molecular weight excluding hydrogens is 297 g/mol. The number of hydrogen-bond acceptors (Lipinski definition) is 3. The summed E-state index contributed by atoms with van der Waals surface area (Å²) < 4.78 is 18.8. The molecule has 1 atom stereocenters. The van der Waals surface area contributed by atoms with Crippen LogP contribution in [0.15, 0.2) is 48.5 Å². The van der Waals surface area contributed by atoms with Crippen molar-refractivity contribution < 1.29 is 18.7 Å². The third kappa shape index (κ3) is 4.39. The molecule has 2 aromatic carbocycles. The minimum Gasteiger partial charge on any atom is -0.497 e. The Balaban J connectivity index is 1.98. The molecule has 0 bridgehead atoms. The van der Waals surface area contributed by atoms with Crippen molar-refractivity contribution in [1.82, 2.24) is 5.32 Å². The fraction of sp³-hybridized carbons (Fsp3) is 0.222. The second-order valence-electron chi connectivity index (χ2n) is 5.21. The quantitative estimate of drug-likeness (QED) is 0.833. The molecule has 0 unspecified atom stereocenters. The van der Waals surface area contributed by atoms with E-state index < -0.39 is 17.8 Å². The Morgan fingerprint density at radius 3 is 2.48 bits per heavy atom. The van der Waals surface area contributed by atoms with E-state index in [1.54, 1.807) is 31.2 Å². The number of halogens is 1. The van der Waals surface area contributed by atoms with Gasteiger partial charge in [0.2, 0.25) is 0 Å². The number of Topliss-reactive ketones (excluding diaryl/α,β-unsaturated/α-hetero) is 1. The first kappa shape index (κ1) is 16.7. The Labute approximate surface area is 134 Å². The average Bonchev–Trinajstić information content (AvgIpc) is 2.55. The fourth-order valence-electron chi connectivity index (χ4n) is 2.18. The van der Waals surface area contributed by atoms with Crippen LogP contribution in [0.4, 0.5) is 4.39 Å². The van der Waals surface area contributed by atoms with Gasteiger partial charge >= 0.3 is 0 Å². The van der Waals surface area contributed by atoms with Crippen molar-refractivity contribution in [3.63, 3.8) is 0 Å². The van der Waals surface area contributed by atoms with Crippen molar-refractivity contribution in [1.29, 1.82) is 0 Å². The highest BCUT2D eigenvalue weighted by Crippen LogP contribution is 2.16. The smallest absolute Gasteiger partial charge is 0.254 e. The van der Waals surface area contributed by atoms with Gasteiger partial charge in [0.15, 0.2) is 5.78 Å². The van der Waals surface area contributed by atoms with Crippen molar-refractivity contribution in [2.75, 3.05) is 7.11 Å². The van der Waals surface area contributed by atoms with Gasteiger partial charge in [-0.1, -0.05) is 30.3 Å². The maximum atomic E-state index is 13.9. The number of rotatable bonds is 6. The lowest BCUT2D eigenvalue weighted by Crippen LogP contribution is -2.34. The molecule has 0 saturated heterocycles. The molecule has 5 heteroatoms. The molecule has 1 N–H and O–H groups in total. The first-order valence-electron chi connectivity index (χ1n) is 7.24. The molecule has 0 aliphatic heterocycles. The van der Waals surface area contributed by atoms with E-state index in [2.05, 4.69) is 5.32 Å². The molecule has 0 radical (unpaired) electrons. The highest BCUT2D eigenvalue weighted by Gasteiger charge is 2.17. The Morgan fingerprint density at radius 1 is 1.17 bits per heavy atom. The predicted molar refractivity (Wildman–Crippen MR) is 85.3 cm³/mol. The van der Waals surface area contributed by atoms with E-state index in [0.29, 0.717) is 11.3 Å². The second kappa shape index (κ2) is 7.54. The van der Waals surface area contributed by atoms with Crippen molar-refractivity contribution >= 4 is 11.7 Å². The zero-order valence-electron chi connectivity index (χ0n) is 13.0. The molecule has 0 saturated carbocycles. The van der Waals surface area contributed by atoms with Gasteiger partial charge in [-0.3, -0.25) is 9.59 Å². The third-order valence-corrected chi connectivity index (χ3v) is 3.39. The number of benzene rings is 2. The molecule has 0 heterocycles. The van der Waals surface area contributed by atoms with E-state index in [4.69, 9.17) is 4.74 Å². The van der Waals surface area contributed by atoms with E-state index in [0.717, 1.165) is 6.07 Å². The van der Waals surface area contributed by atoms with Crippen molar-refractivity contribution in [2.45, 2.75) is 19.4 Å². The van der Waals surface area contributed by atoms with Crippen LogP contribution >= 0.6 is 0 Å². The molecule has 120 valence electrons.